The summed E-state index contributed by atoms with van der Waals surface area (Å²) < 4.78 is 39.8. The first kappa shape index (κ1) is 18.1. The minimum absolute atomic E-state index is 0.303. The van der Waals surface area contributed by atoms with Gasteiger partial charge in [0.05, 0.1) is 23.5 Å². The van der Waals surface area contributed by atoms with Gasteiger partial charge in [0.15, 0.2) is 0 Å². The molecule has 0 aliphatic carbocycles. The van der Waals surface area contributed by atoms with Gasteiger partial charge in [-0.2, -0.15) is 5.26 Å². The number of nitriles is 1. The fraction of sp³-hybridized carbons (Fsp3) is 0.235. The van der Waals surface area contributed by atoms with Gasteiger partial charge in [0.25, 0.3) is 0 Å². The first-order valence-corrected chi connectivity index (χ1v) is 8.88. The Labute approximate surface area is 140 Å². The molecule has 0 aliphatic rings. The van der Waals surface area contributed by atoms with Gasteiger partial charge in [-0.25, -0.2) is 17.5 Å². The van der Waals surface area contributed by atoms with E-state index >= 15 is 0 Å². The zero-order valence-electron chi connectivity index (χ0n) is 13.0. The maximum Gasteiger partial charge on any atom is 0.216 e. The van der Waals surface area contributed by atoms with Crippen LogP contribution in [0.1, 0.15) is 29.7 Å². The van der Waals surface area contributed by atoms with Crippen LogP contribution in [-0.4, -0.2) is 19.6 Å². The number of hydrogen-bond donors (Lipinski definition) is 2. The molecule has 7 heteroatoms. The molecule has 0 heterocycles. The van der Waals surface area contributed by atoms with Crippen molar-refractivity contribution in [1.29, 1.82) is 5.26 Å². The van der Waals surface area contributed by atoms with Crippen molar-refractivity contribution in [3.63, 3.8) is 0 Å². The number of nitrogens with one attached hydrogen (secondary N) is 1. The highest BCUT2D eigenvalue weighted by molar-refractivity contribution is 7.88. The number of aliphatic hydroxyl groups excluding tert-OH is 1. The molecule has 2 atom stereocenters. The van der Waals surface area contributed by atoms with Crippen LogP contribution in [0.3, 0.4) is 0 Å². The molecule has 0 radical (unpaired) electrons. The van der Waals surface area contributed by atoms with Crippen LogP contribution >= 0.6 is 0 Å². The van der Waals surface area contributed by atoms with E-state index < -0.39 is 28.0 Å². The van der Waals surface area contributed by atoms with E-state index in [9.17, 15) is 17.9 Å². The van der Waals surface area contributed by atoms with Gasteiger partial charge in [0, 0.05) is 6.04 Å². The third kappa shape index (κ3) is 4.86. The van der Waals surface area contributed by atoms with Gasteiger partial charge in [0.1, 0.15) is 5.82 Å². The molecule has 126 valence electrons. The zero-order valence-corrected chi connectivity index (χ0v) is 13.8. The molecule has 0 saturated heterocycles. The molecule has 0 aromatic heterocycles. The van der Waals surface area contributed by atoms with Gasteiger partial charge in [-0.3, -0.25) is 0 Å². The maximum atomic E-state index is 12.9. The van der Waals surface area contributed by atoms with Gasteiger partial charge in [0.2, 0.25) is 10.0 Å². The Morgan fingerprint density at radius 3 is 2.54 bits per heavy atom. The summed E-state index contributed by atoms with van der Waals surface area (Å²) >= 11 is 0. The third-order valence-corrected chi connectivity index (χ3v) is 4.91. The standard InChI is InChI=1S/C17H17FN2O3S/c1-12(17(21)15-5-7-16(18)8-6-15)20-24(22,23)11-14-4-2-3-13(9-14)10-19/h2-9,12,17,20-21H,11H2,1H3/t12-,17+/m0/s1. The van der Waals surface area contributed by atoms with Crippen molar-refractivity contribution >= 4 is 10.0 Å². The van der Waals surface area contributed by atoms with E-state index in [1.165, 1.54) is 37.3 Å². The fourth-order valence-electron chi connectivity index (χ4n) is 2.29. The predicted molar refractivity (Wildman–Crippen MR) is 87.7 cm³/mol. The first-order chi connectivity index (χ1) is 11.3. The molecule has 0 aliphatic heterocycles. The smallest absolute Gasteiger partial charge is 0.216 e. The van der Waals surface area contributed by atoms with Gasteiger partial charge >= 0.3 is 0 Å². The van der Waals surface area contributed by atoms with Crippen LogP contribution in [0, 0.1) is 17.1 Å². The van der Waals surface area contributed by atoms with Crippen LogP contribution in [0.2, 0.25) is 0 Å². The lowest BCUT2D eigenvalue weighted by Crippen LogP contribution is -2.37. The summed E-state index contributed by atoms with van der Waals surface area (Å²) in [4.78, 5) is 0. The van der Waals surface area contributed by atoms with Crippen molar-refractivity contribution < 1.29 is 17.9 Å². The third-order valence-electron chi connectivity index (χ3n) is 3.46. The van der Waals surface area contributed by atoms with Gasteiger partial charge < -0.3 is 5.11 Å². The van der Waals surface area contributed by atoms with Crippen molar-refractivity contribution in [2.24, 2.45) is 0 Å². The Bertz CT molecular complexity index is 845. The lowest BCUT2D eigenvalue weighted by Gasteiger charge is -2.20. The number of rotatable bonds is 6. The van der Waals surface area contributed by atoms with Crippen LogP contribution in [0.25, 0.3) is 0 Å². The summed E-state index contributed by atoms with van der Waals surface area (Å²) in [5.74, 6) is -0.736. The summed E-state index contributed by atoms with van der Waals surface area (Å²) in [5.41, 5.74) is 1.27. The van der Waals surface area contributed by atoms with E-state index in [1.54, 1.807) is 18.2 Å². The monoisotopic (exact) mass is 348 g/mol. The molecule has 0 spiro atoms. The lowest BCUT2D eigenvalue weighted by atomic mass is 10.0. The highest BCUT2D eigenvalue weighted by Gasteiger charge is 2.22. The molecule has 0 fully saturated rings. The minimum atomic E-state index is -3.71. The van der Waals surface area contributed by atoms with Crippen molar-refractivity contribution in [3.05, 3.63) is 71.0 Å². The van der Waals surface area contributed by atoms with Crippen molar-refractivity contribution in [2.45, 2.75) is 24.8 Å². The normalized spacial score (nSPS) is 13.9. The second kappa shape index (κ2) is 7.53. The van der Waals surface area contributed by atoms with E-state index in [2.05, 4.69) is 4.72 Å². The zero-order chi connectivity index (χ0) is 17.7. The Morgan fingerprint density at radius 2 is 1.92 bits per heavy atom. The van der Waals surface area contributed by atoms with Crippen LogP contribution in [0.5, 0.6) is 0 Å². The SMILES string of the molecule is C[C@H](NS(=O)(=O)Cc1cccc(C#N)c1)[C@@H](O)c1ccc(F)cc1. The molecule has 0 amide bonds. The van der Waals surface area contributed by atoms with E-state index in [1.807, 2.05) is 6.07 Å². The molecule has 2 aromatic carbocycles. The van der Waals surface area contributed by atoms with E-state index in [0.717, 1.165) is 0 Å². The second-order valence-corrected chi connectivity index (χ2v) is 7.23. The minimum Gasteiger partial charge on any atom is -0.387 e. The maximum absolute atomic E-state index is 12.9. The summed E-state index contributed by atoms with van der Waals surface area (Å²) in [6.45, 7) is 1.53. The molecule has 0 bridgehead atoms. The molecule has 24 heavy (non-hydrogen) atoms. The number of hydrogen-bond acceptors (Lipinski definition) is 4. The van der Waals surface area contributed by atoms with Crippen LogP contribution in [-0.2, 0) is 15.8 Å². The molecular formula is C17H17FN2O3S. The second-order valence-electron chi connectivity index (χ2n) is 5.47. The summed E-state index contributed by atoms with van der Waals surface area (Å²) in [6, 6.07) is 12.7. The van der Waals surface area contributed by atoms with E-state index in [0.29, 0.717) is 16.7 Å². The first-order valence-electron chi connectivity index (χ1n) is 7.23. The highest BCUT2D eigenvalue weighted by Crippen LogP contribution is 2.18. The van der Waals surface area contributed by atoms with Crippen LogP contribution < -0.4 is 4.72 Å². The predicted octanol–water partition coefficient (Wildman–Crippen LogP) is 2.24. The average molecular weight is 348 g/mol. The van der Waals surface area contributed by atoms with Crippen molar-refractivity contribution in [3.8, 4) is 6.07 Å². The number of aliphatic hydroxyl groups is 1. The molecule has 5 nitrogen and oxygen atoms in total. The van der Waals surface area contributed by atoms with Crippen molar-refractivity contribution in [1.82, 2.24) is 4.72 Å². The fourth-order valence-corrected chi connectivity index (χ4v) is 3.69. The molecule has 2 aromatic rings. The topological polar surface area (TPSA) is 90.2 Å². The molecule has 2 N–H and O–H groups in total. The van der Waals surface area contributed by atoms with Gasteiger partial charge in [-0.05, 0) is 42.3 Å². The number of sulfonamides is 1. The Hall–Kier alpha value is -2.27. The lowest BCUT2D eigenvalue weighted by molar-refractivity contribution is 0.146. The molecule has 0 saturated carbocycles. The number of nitrogens with zero attached hydrogens (tertiary/aromatic N) is 1. The summed E-state index contributed by atoms with van der Waals surface area (Å²) in [6.07, 6.45) is -1.11. The Kier molecular flexibility index (Phi) is 5.67. The van der Waals surface area contributed by atoms with Gasteiger partial charge in [-0.15, -0.1) is 0 Å². The number of benzene rings is 2. The highest BCUT2D eigenvalue weighted by atomic mass is 32.2. The van der Waals surface area contributed by atoms with Crippen LogP contribution in [0.4, 0.5) is 4.39 Å². The van der Waals surface area contributed by atoms with Crippen molar-refractivity contribution in [2.75, 3.05) is 0 Å². The molecule has 2 rings (SSSR count). The average Bonchev–Trinajstić information content (AvgIpc) is 2.54. The van der Waals surface area contributed by atoms with Crippen LogP contribution in [0.15, 0.2) is 48.5 Å². The quantitative estimate of drug-likeness (QED) is 0.838. The summed E-state index contributed by atoms with van der Waals surface area (Å²) in [7, 11) is -3.71. The number of halogens is 1. The summed E-state index contributed by atoms with van der Waals surface area (Å²) in [5, 5.41) is 19.0. The van der Waals surface area contributed by atoms with Gasteiger partial charge in [-0.1, -0.05) is 24.3 Å². The van der Waals surface area contributed by atoms with E-state index in [4.69, 9.17) is 5.26 Å². The van der Waals surface area contributed by atoms with E-state index in [-0.39, 0.29) is 5.75 Å². The Morgan fingerprint density at radius 1 is 1.25 bits per heavy atom. The Balaban J connectivity index is 2.07. The molecular weight excluding hydrogens is 331 g/mol. The largest absolute Gasteiger partial charge is 0.387 e. The molecule has 0 unspecified atom stereocenters.